The van der Waals surface area contributed by atoms with Gasteiger partial charge in [0.05, 0.1) is 20.3 Å². The van der Waals surface area contributed by atoms with Crippen LogP contribution in [0.2, 0.25) is 0 Å². The Morgan fingerprint density at radius 1 is 1.32 bits per heavy atom. The number of nitrogens with zero attached hydrogens (tertiary/aromatic N) is 3. The number of carbonyl (C=O) groups excluding carboxylic acids is 1. The van der Waals surface area contributed by atoms with E-state index < -0.39 is 0 Å². The maximum Gasteiger partial charge on any atom is 0.259 e. The summed E-state index contributed by atoms with van der Waals surface area (Å²) in [6.45, 7) is 1.56. The van der Waals surface area contributed by atoms with Crippen molar-refractivity contribution in [3.8, 4) is 5.88 Å². The highest BCUT2D eigenvalue weighted by atomic mass is 16.5. The van der Waals surface area contributed by atoms with Gasteiger partial charge in [0.1, 0.15) is 11.7 Å². The molecule has 0 aromatic carbocycles. The summed E-state index contributed by atoms with van der Waals surface area (Å²) in [5.74, 6) is 0.256. The van der Waals surface area contributed by atoms with Gasteiger partial charge in [0.2, 0.25) is 5.88 Å². The first-order valence-corrected chi connectivity index (χ1v) is 7.09. The molecule has 1 aliphatic heterocycles. The second kappa shape index (κ2) is 6.53. The summed E-state index contributed by atoms with van der Waals surface area (Å²) in [5.41, 5.74) is 1.49. The smallest absolute Gasteiger partial charge is 0.259 e. The summed E-state index contributed by atoms with van der Waals surface area (Å²) in [6.07, 6.45) is 4.92. The fourth-order valence-corrected chi connectivity index (χ4v) is 2.50. The number of ether oxygens (including phenoxy) is 2. The lowest BCUT2D eigenvalue weighted by atomic mass is 10.1. The van der Waals surface area contributed by atoms with Crippen molar-refractivity contribution in [1.82, 2.24) is 14.9 Å². The zero-order chi connectivity index (χ0) is 15.4. The molecule has 1 atom stereocenters. The summed E-state index contributed by atoms with van der Waals surface area (Å²) in [7, 11) is 1.51. The molecule has 0 spiro atoms. The Hall–Kier alpha value is -2.47. The van der Waals surface area contributed by atoms with Gasteiger partial charge < -0.3 is 14.4 Å². The van der Waals surface area contributed by atoms with Crippen LogP contribution in [0.4, 0.5) is 0 Å². The molecule has 3 heterocycles. The van der Waals surface area contributed by atoms with Crippen LogP contribution in [-0.2, 0) is 4.74 Å². The van der Waals surface area contributed by atoms with Crippen molar-refractivity contribution in [2.24, 2.45) is 0 Å². The molecule has 0 bridgehead atoms. The van der Waals surface area contributed by atoms with E-state index in [1.165, 1.54) is 7.11 Å². The van der Waals surface area contributed by atoms with Crippen molar-refractivity contribution in [2.45, 2.75) is 6.10 Å². The summed E-state index contributed by atoms with van der Waals surface area (Å²) in [5, 5.41) is 0. The molecule has 0 aliphatic carbocycles. The Morgan fingerprint density at radius 2 is 2.14 bits per heavy atom. The van der Waals surface area contributed by atoms with Gasteiger partial charge in [-0.3, -0.25) is 9.78 Å². The molecule has 6 heteroatoms. The topological polar surface area (TPSA) is 64.5 Å². The van der Waals surface area contributed by atoms with Gasteiger partial charge in [-0.1, -0.05) is 0 Å². The third-order valence-electron chi connectivity index (χ3n) is 3.63. The number of morpholine rings is 1. The highest BCUT2D eigenvalue weighted by Crippen LogP contribution is 2.24. The quantitative estimate of drug-likeness (QED) is 0.863. The lowest BCUT2D eigenvalue weighted by Crippen LogP contribution is -2.42. The van der Waals surface area contributed by atoms with Gasteiger partial charge in [0.25, 0.3) is 5.91 Å². The SMILES string of the molecule is COc1ncccc1C(=O)N1CCO[C@@H](c2ccncc2)C1. The number of rotatable bonds is 3. The van der Waals surface area contributed by atoms with Gasteiger partial charge in [-0.25, -0.2) is 4.98 Å². The average molecular weight is 299 g/mol. The van der Waals surface area contributed by atoms with Crippen molar-refractivity contribution in [3.63, 3.8) is 0 Å². The van der Waals surface area contributed by atoms with E-state index in [-0.39, 0.29) is 12.0 Å². The van der Waals surface area contributed by atoms with Gasteiger partial charge in [-0.05, 0) is 29.8 Å². The summed E-state index contributed by atoms with van der Waals surface area (Å²) in [4.78, 5) is 22.6. The Morgan fingerprint density at radius 3 is 2.91 bits per heavy atom. The Balaban J connectivity index is 1.78. The van der Waals surface area contributed by atoms with E-state index in [1.807, 2.05) is 12.1 Å². The van der Waals surface area contributed by atoms with E-state index in [1.54, 1.807) is 35.6 Å². The van der Waals surface area contributed by atoms with Gasteiger partial charge in [0.15, 0.2) is 0 Å². The molecule has 0 radical (unpaired) electrons. The van der Waals surface area contributed by atoms with E-state index in [0.29, 0.717) is 31.1 Å². The Kier molecular flexibility index (Phi) is 4.29. The number of amides is 1. The molecule has 1 amide bonds. The number of aromatic nitrogens is 2. The average Bonchev–Trinajstić information content (AvgIpc) is 2.62. The van der Waals surface area contributed by atoms with Gasteiger partial charge in [-0.2, -0.15) is 0 Å². The molecule has 0 unspecified atom stereocenters. The van der Waals surface area contributed by atoms with Crippen molar-refractivity contribution >= 4 is 5.91 Å². The van der Waals surface area contributed by atoms with E-state index in [4.69, 9.17) is 9.47 Å². The van der Waals surface area contributed by atoms with Crippen LogP contribution in [0.3, 0.4) is 0 Å². The minimum Gasteiger partial charge on any atom is -0.480 e. The number of methoxy groups -OCH3 is 1. The van der Waals surface area contributed by atoms with Crippen molar-refractivity contribution in [2.75, 3.05) is 26.8 Å². The van der Waals surface area contributed by atoms with Crippen LogP contribution in [0.15, 0.2) is 42.9 Å². The fourth-order valence-electron chi connectivity index (χ4n) is 2.50. The highest BCUT2D eigenvalue weighted by molar-refractivity contribution is 5.96. The standard InChI is InChI=1S/C16H17N3O3/c1-21-15-13(3-2-6-18-15)16(20)19-9-10-22-14(11-19)12-4-7-17-8-5-12/h2-8,14H,9-11H2,1H3/t14-/m1/s1. The minimum absolute atomic E-state index is 0.0905. The molecule has 3 rings (SSSR count). The largest absolute Gasteiger partial charge is 0.480 e. The van der Waals surface area contributed by atoms with Crippen LogP contribution in [0, 0.1) is 0 Å². The van der Waals surface area contributed by atoms with E-state index in [2.05, 4.69) is 9.97 Å². The van der Waals surface area contributed by atoms with Crippen molar-refractivity contribution < 1.29 is 14.3 Å². The van der Waals surface area contributed by atoms with Crippen LogP contribution < -0.4 is 4.74 Å². The fraction of sp³-hybridized carbons (Fsp3) is 0.312. The van der Waals surface area contributed by atoms with Crippen molar-refractivity contribution in [3.05, 3.63) is 54.0 Å². The molecule has 1 aliphatic rings. The maximum absolute atomic E-state index is 12.7. The molecule has 1 fully saturated rings. The molecule has 0 saturated carbocycles. The number of hydrogen-bond acceptors (Lipinski definition) is 5. The zero-order valence-electron chi connectivity index (χ0n) is 12.3. The Bertz CT molecular complexity index is 648. The van der Waals surface area contributed by atoms with E-state index in [9.17, 15) is 4.79 Å². The first kappa shape index (κ1) is 14.5. The molecule has 2 aromatic rings. The predicted octanol–water partition coefficient (Wildman–Crippen LogP) is 1.70. The van der Waals surface area contributed by atoms with Crippen LogP contribution in [0.25, 0.3) is 0 Å². The molecule has 114 valence electrons. The van der Waals surface area contributed by atoms with E-state index >= 15 is 0 Å². The summed E-state index contributed by atoms with van der Waals surface area (Å²) in [6, 6.07) is 7.27. The van der Waals surface area contributed by atoms with Crippen LogP contribution >= 0.6 is 0 Å². The molecular formula is C16H17N3O3. The van der Waals surface area contributed by atoms with Gasteiger partial charge in [0, 0.05) is 25.1 Å². The number of pyridine rings is 2. The van der Waals surface area contributed by atoms with Crippen molar-refractivity contribution in [1.29, 1.82) is 0 Å². The van der Waals surface area contributed by atoms with Gasteiger partial charge in [-0.15, -0.1) is 0 Å². The third-order valence-corrected chi connectivity index (χ3v) is 3.63. The molecule has 2 aromatic heterocycles. The second-order valence-electron chi connectivity index (χ2n) is 4.95. The van der Waals surface area contributed by atoms with Gasteiger partial charge >= 0.3 is 0 Å². The third kappa shape index (κ3) is 2.92. The highest BCUT2D eigenvalue weighted by Gasteiger charge is 2.27. The lowest BCUT2D eigenvalue weighted by molar-refractivity contribution is -0.0229. The second-order valence-corrected chi connectivity index (χ2v) is 4.95. The maximum atomic E-state index is 12.7. The predicted molar refractivity (Wildman–Crippen MR) is 79.6 cm³/mol. The lowest BCUT2D eigenvalue weighted by Gasteiger charge is -2.33. The summed E-state index contributed by atoms with van der Waals surface area (Å²) < 4.78 is 10.9. The molecular weight excluding hydrogens is 282 g/mol. The molecule has 6 nitrogen and oxygen atoms in total. The normalized spacial score (nSPS) is 18.0. The van der Waals surface area contributed by atoms with Crippen LogP contribution in [0.5, 0.6) is 5.88 Å². The van der Waals surface area contributed by atoms with E-state index in [0.717, 1.165) is 5.56 Å². The monoisotopic (exact) mass is 299 g/mol. The number of hydrogen-bond donors (Lipinski definition) is 0. The van der Waals surface area contributed by atoms with Crippen LogP contribution in [-0.4, -0.2) is 47.6 Å². The molecule has 22 heavy (non-hydrogen) atoms. The minimum atomic E-state index is -0.136. The summed E-state index contributed by atoms with van der Waals surface area (Å²) >= 11 is 0. The molecule has 1 saturated heterocycles. The molecule has 0 N–H and O–H groups in total. The number of carbonyl (C=O) groups is 1. The first-order valence-electron chi connectivity index (χ1n) is 7.09. The zero-order valence-corrected chi connectivity index (χ0v) is 12.3. The van der Waals surface area contributed by atoms with Crippen LogP contribution in [0.1, 0.15) is 22.0 Å². The Labute approximate surface area is 128 Å². The first-order chi connectivity index (χ1) is 10.8.